The molecule has 0 spiro atoms. The Bertz CT molecular complexity index is 324. The van der Waals surface area contributed by atoms with E-state index in [0.29, 0.717) is 5.56 Å². The minimum atomic E-state index is -5.58. The standard InChI is InChI=1S/C9H8F5NO/c10-8(11,9(12,13)14)6-16-5-7-2-1-3-15-4-7/h1-4H,5-6H2. The van der Waals surface area contributed by atoms with Gasteiger partial charge in [0, 0.05) is 12.4 Å². The molecule has 0 bridgehead atoms. The van der Waals surface area contributed by atoms with E-state index in [-0.39, 0.29) is 6.61 Å². The second-order valence-corrected chi connectivity index (χ2v) is 3.06. The minimum Gasteiger partial charge on any atom is -0.370 e. The van der Waals surface area contributed by atoms with Crippen LogP contribution in [0.4, 0.5) is 22.0 Å². The van der Waals surface area contributed by atoms with Crippen molar-refractivity contribution in [2.75, 3.05) is 6.61 Å². The Morgan fingerprint density at radius 3 is 2.38 bits per heavy atom. The normalized spacial score (nSPS) is 12.8. The van der Waals surface area contributed by atoms with Crippen LogP contribution in [-0.4, -0.2) is 23.7 Å². The van der Waals surface area contributed by atoms with Crippen molar-refractivity contribution < 1.29 is 26.7 Å². The molecule has 0 unspecified atom stereocenters. The third-order valence-electron chi connectivity index (χ3n) is 1.69. The van der Waals surface area contributed by atoms with Crippen LogP contribution in [0.3, 0.4) is 0 Å². The van der Waals surface area contributed by atoms with E-state index in [1.807, 2.05) is 0 Å². The molecule has 1 aromatic heterocycles. The summed E-state index contributed by atoms with van der Waals surface area (Å²) in [5.41, 5.74) is 0.431. The Balaban J connectivity index is 2.42. The molecule has 0 aliphatic carbocycles. The number of hydrogen-bond donors (Lipinski definition) is 0. The largest absolute Gasteiger partial charge is 0.455 e. The van der Waals surface area contributed by atoms with Crippen LogP contribution in [0.5, 0.6) is 0 Å². The fraction of sp³-hybridized carbons (Fsp3) is 0.444. The van der Waals surface area contributed by atoms with Crippen LogP contribution < -0.4 is 0 Å². The van der Waals surface area contributed by atoms with Crippen LogP contribution >= 0.6 is 0 Å². The smallest absolute Gasteiger partial charge is 0.370 e. The summed E-state index contributed by atoms with van der Waals surface area (Å²) < 4.78 is 64.2. The maximum absolute atomic E-state index is 12.4. The van der Waals surface area contributed by atoms with Gasteiger partial charge < -0.3 is 4.74 Å². The summed E-state index contributed by atoms with van der Waals surface area (Å²) in [7, 11) is 0. The topological polar surface area (TPSA) is 22.1 Å². The zero-order chi connectivity index (χ0) is 12.2. The van der Waals surface area contributed by atoms with Crippen molar-refractivity contribution in [1.29, 1.82) is 0 Å². The molecule has 1 heterocycles. The van der Waals surface area contributed by atoms with E-state index in [9.17, 15) is 22.0 Å². The van der Waals surface area contributed by atoms with E-state index in [0.717, 1.165) is 0 Å². The molecule has 0 fully saturated rings. The molecule has 7 heteroatoms. The maximum Gasteiger partial charge on any atom is 0.455 e. The highest BCUT2D eigenvalue weighted by atomic mass is 19.4. The summed E-state index contributed by atoms with van der Waals surface area (Å²) in [6, 6.07) is 3.04. The average molecular weight is 241 g/mol. The Kier molecular flexibility index (Phi) is 3.79. The number of alkyl halides is 5. The summed E-state index contributed by atoms with van der Waals surface area (Å²) >= 11 is 0. The molecule has 0 atom stereocenters. The zero-order valence-corrected chi connectivity index (χ0v) is 7.97. The average Bonchev–Trinajstić information content (AvgIpc) is 2.17. The van der Waals surface area contributed by atoms with E-state index in [4.69, 9.17) is 0 Å². The summed E-state index contributed by atoms with van der Waals surface area (Å²) in [6.07, 6.45) is -2.80. The molecule has 0 aromatic carbocycles. The number of hydrogen-bond acceptors (Lipinski definition) is 2. The van der Waals surface area contributed by atoms with Crippen molar-refractivity contribution in [2.24, 2.45) is 0 Å². The molecule has 0 saturated carbocycles. The molecular formula is C9H8F5NO. The van der Waals surface area contributed by atoms with Gasteiger partial charge in [-0.1, -0.05) is 6.07 Å². The van der Waals surface area contributed by atoms with E-state index in [1.165, 1.54) is 24.5 Å². The summed E-state index contributed by atoms with van der Waals surface area (Å²) in [5, 5.41) is 0. The highest BCUT2D eigenvalue weighted by molar-refractivity contribution is 5.06. The lowest BCUT2D eigenvalue weighted by Crippen LogP contribution is -2.40. The third kappa shape index (κ3) is 3.41. The second-order valence-electron chi connectivity index (χ2n) is 3.06. The number of pyridine rings is 1. The number of nitrogens with zero attached hydrogens (tertiary/aromatic N) is 1. The SMILES string of the molecule is FC(F)(F)C(F)(F)COCc1cccnc1. The second kappa shape index (κ2) is 4.73. The maximum atomic E-state index is 12.4. The van der Waals surface area contributed by atoms with E-state index < -0.39 is 18.7 Å². The van der Waals surface area contributed by atoms with Crippen molar-refractivity contribution >= 4 is 0 Å². The van der Waals surface area contributed by atoms with Gasteiger partial charge in [0.1, 0.15) is 6.61 Å². The zero-order valence-electron chi connectivity index (χ0n) is 7.97. The van der Waals surface area contributed by atoms with Crippen molar-refractivity contribution in [2.45, 2.75) is 18.7 Å². The summed E-state index contributed by atoms with van der Waals surface area (Å²) in [6.45, 7) is -2.02. The van der Waals surface area contributed by atoms with Crippen molar-refractivity contribution in [1.82, 2.24) is 4.98 Å². The first kappa shape index (κ1) is 12.8. The molecule has 16 heavy (non-hydrogen) atoms. The van der Waals surface area contributed by atoms with Crippen LogP contribution in [0.1, 0.15) is 5.56 Å². The lowest BCUT2D eigenvalue weighted by atomic mass is 10.3. The first-order chi connectivity index (χ1) is 7.33. The molecular weight excluding hydrogens is 233 g/mol. The van der Waals surface area contributed by atoms with Crippen LogP contribution in [0, 0.1) is 0 Å². The molecule has 0 amide bonds. The monoisotopic (exact) mass is 241 g/mol. The van der Waals surface area contributed by atoms with E-state index >= 15 is 0 Å². The van der Waals surface area contributed by atoms with Gasteiger partial charge in [-0.15, -0.1) is 0 Å². The van der Waals surface area contributed by atoms with Crippen LogP contribution in [0.15, 0.2) is 24.5 Å². The number of halogens is 5. The van der Waals surface area contributed by atoms with Crippen molar-refractivity contribution in [3.05, 3.63) is 30.1 Å². The quantitative estimate of drug-likeness (QED) is 0.756. The Morgan fingerprint density at radius 1 is 1.19 bits per heavy atom. The van der Waals surface area contributed by atoms with Gasteiger partial charge in [0.15, 0.2) is 0 Å². The van der Waals surface area contributed by atoms with Gasteiger partial charge in [-0.05, 0) is 11.6 Å². The van der Waals surface area contributed by atoms with Crippen LogP contribution in [-0.2, 0) is 11.3 Å². The molecule has 0 saturated heterocycles. The number of aromatic nitrogens is 1. The van der Waals surface area contributed by atoms with E-state index in [1.54, 1.807) is 0 Å². The molecule has 1 rings (SSSR count). The predicted octanol–water partition coefficient (Wildman–Crippen LogP) is 2.80. The molecule has 0 radical (unpaired) electrons. The number of ether oxygens (including phenoxy) is 1. The Labute approximate surface area is 88.1 Å². The van der Waals surface area contributed by atoms with Crippen LogP contribution in [0.2, 0.25) is 0 Å². The molecule has 0 aliphatic heterocycles. The predicted molar refractivity (Wildman–Crippen MR) is 44.9 cm³/mol. The van der Waals surface area contributed by atoms with Crippen molar-refractivity contribution in [3.8, 4) is 0 Å². The van der Waals surface area contributed by atoms with Gasteiger partial charge >= 0.3 is 12.1 Å². The van der Waals surface area contributed by atoms with Crippen LogP contribution in [0.25, 0.3) is 0 Å². The molecule has 0 aliphatic rings. The highest BCUT2D eigenvalue weighted by Crippen LogP contribution is 2.35. The van der Waals surface area contributed by atoms with Crippen molar-refractivity contribution in [3.63, 3.8) is 0 Å². The Hall–Kier alpha value is -1.24. The molecule has 0 N–H and O–H groups in total. The van der Waals surface area contributed by atoms with Gasteiger partial charge in [0.05, 0.1) is 6.61 Å². The summed E-state index contributed by atoms with van der Waals surface area (Å²) in [5.74, 6) is -4.82. The fourth-order valence-electron chi connectivity index (χ4n) is 0.862. The number of rotatable bonds is 4. The third-order valence-corrected chi connectivity index (χ3v) is 1.69. The molecule has 1 aromatic rings. The first-order valence-corrected chi connectivity index (χ1v) is 4.24. The fourth-order valence-corrected chi connectivity index (χ4v) is 0.862. The van der Waals surface area contributed by atoms with Gasteiger partial charge in [-0.25, -0.2) is 0 Å². The van der Waals surface area contributed by atoms with Gasteiger partial charge in [-0.2, -0.15) is 22.0 Å². The minimum absolute atomic E-state index is 0.334. The van der Waals surface area contributed by atoms with Gasteiger partial charge in [0.2, 0.25) is 0 Å². The van der Waals surface area contributed by atoms with E-state index in [2.05, 4.69) is 9.72 Å². The van der Waals surface area contributed by atoms with Gasteiger partial charge in [0.25, 0.3) is 0 Å². The summed E-state index contributed by atoms with van der Waals surface area (Å²) in [4.78, 5) is 3.66. The highest BCUT2D eigenvalue weighted by Gasteiger charge is 2.57. The molecule has 2 nitrogen and oxygen atoms in total. The van der Waals surface area contributed by atoms with Gasteiger partial charge in [-0.3, -0.25) is 4.98 Å². The molecule has 90 valence electrons. The lowest BCUT2D eigenvalue weighted by Gasteiger charge is -2.19. The first-order valence-electron chi connectivity index (χ1n) is 4.24. The Morgan fingerprint density at radius 2 is 1.88 bits per heavy atom. The lowest BCUT2D eigenvalue weighted by molar-refractivity contribution is -0.297.